The van der Waals surface area contributed by atoms with Gasteiger partial charge in [0, 0.05) is 10.9 Å². The average molecular weight is 285 g/mol. The summed E-state index contributed by atoms with van der Waals surface area (Å²) in [5.41, 5.74) is 1.14. The van der Waals surface area contributed by atoms with Crippen LogP contribution in [0.5, 0.6) is 0 Å². The Morgan fingerprint density at radius 3 is 2.94 bits per heavy atom. The van der Waals surface area contributed by atoms with Crippen LogP contribution in [-0.4, -0.2) is 23.4 Å². The molecule has 2 rings (SSSR count). The number of aliphatic hydroxyl groups is 1. The van der Waals surface area contributed by atoms with E-state index in [0.29, 0.717) is 12.5 Å². The lowest BCUT2D eigenvalue weighted by Gasteiger charge is -2.18. The molecule has 1 aromatic carbocycles. The van der Waals surface area contributed by atoms with Crippen molar-refractivity contribution < 1.29 is 9.84 Å². The molecular formula is C13H17BrO2. The molecule has 1 N–H and O–H groups in total. The summed E-state index contributed by atoms with van der Waals surface area (Å²) in [5, 5.41) is 10.1. The van der Waals surface area contributed by atoms with E-state index in [1.54, 1.807) is 0 Å². The lowest BCUT2D eigenvalue weighted by Crippen LogP contribution is -2.28. The van der Waals surface area contributed by atoms with Gasteiger partial charge in [0.1, 0.15) is 0 Å². The molecule has 1 fully saturated rings. The summed E-state index contributed by atoms with van der Waals surface area (Å²) in [7, 11) is 0. The number of ether oxygens (including phenoxy) is 1. The Morgan fingerprint density at radius 2 is 2.31 bits per heavy atom. The third-order valence-corrected chi connectivity index (χ3v) is 3.52. The summed E-state index contributed by atoms with van der Waals surface area (Å²) >= 11 is 3.43. The number of halogens is 1. The van der Waals surface area contributed by atoms with E-state index in [9.17, 15) is 5.11 Å². The smallest absolute Gasteiger partial charge is 0.0842 e. The molecule has 1 aliphatic rings. The molecule has 88 valence electrons. The molecule has 1 saturated heterocycles. The Kier molecular flexibility index (Phi) is 4.00. The van der Waals surface area contributed by atoms with Crippen molar-refractivity contribution in [3.8, 4) is 0 Å². The molecule has 2 nitrogen and oxygen atoms in total. The van der Waals surface area contributed by atoms with Gasteiger partial charge in [-0.05, 0) is 37.5 Å². The molecule has 3 unspecified atom stereocenters. The van der Waals surface area contributed by atoms with Crippen molar-refractivity contribution in [3.63, 3.8) is 0 Å². The lowest BCUT2D eigenvalue weighted by molar-refractivity contribution is -0.0278. The maximum Gasteiger partial charge on any atom is 0.0842 e. The van der Waals surface area contributed by atoms with Crippen molar-refractivity contribution in [3.05, 3.63) is 34.3 Å². The molecule has 3 atom stereocenters. The van der Waals surface area contributed by atoms with Gasteiger partial charge in [0.2, 0.25) is 0 Å². The molecule has 1 aromatic rings. The zero-order chi connectivity index (χ0) is 11.5. The summed E-state index contributed by atoms with van der Waals surface area (Å²) in [4.78, 5) is 0. The Hall–Kier alpha value is -0.380. The van der Waals surface area contributed by atoms with Gasteiger partial charge in [-0.25, -0.2) is 0 Å². The van der Waals surface area contributed by atoms with Crippen LogP contribution < -0.4 is 0 Å². The standard InChI is InChI=1S/C13H17BrO2/c1-9-5-6-13(16-9)12(15)8-10-3-2-4-11(14)7-10/h2-4,7,9,12-13,15H,5-6,8H2,1H3. The molecule has 0 spiro atoms. The second-order valence-electron chi connectivity index (χ2n) is 4.46. The van der Waals surface area contributed by atoms with Crippen molar-refractivity contribution in [1.82, 2.24) is 0 Å². The maximum atomic E-state index is 10.1. The van der Waals surface area contributed by atoms with Crippen molar-refractivity contribution in [1.29, 1.82) is 0 Å². The molecule has 1 heterocycles. The fraction of sp³-hybridized carbons (Fsp3) is 0.538. The van der Waals surface area contributed by atoms with E-state index in [-0.39, 0.29) is 12.2 Å². The molecule has 0 saturated carbocycles. The van der Waals surface area contributed by atoms with Crippen LogP contribution in [0.4, 0.5) is 0 Å². The molecule has 0 radical (unpaired) electrons. The quantitative estimate of drug-likeness (QED) is 0.925. The van der Waals surface area contributed by atoms with Crippen LogP contribution in [-0.2, 0) is 11.2 Å². The van der Waals surface area contributed by atoms with Crippen LogP contribution in [0.2, 0.25) is 0 Å². The zero-order valence-corrected chi connectivity index (χ0v) is 11.0. The normalized spacial score (nSPS) is 26.9. The summed E-state index contributed by atoms with van der Waals surface area (Å²) in [5.74, 6) is 0. The molecule has 0 bridgehead atoms. The Labute approximate surface area is 105 Å². The first-order valence-corrected chi connectivity index (χ1v) is 6.52. The highest BCUT2D eigenvalue weighted by molar-refractivity contribution is 9.10. The van der Waals surface area contributed by atoms with Gasteiger partial charge < -0.3 is 9.84 Å². The van der Waals surface area contributed by atoms with Crippen LogP contribution in [0.15, 0.2) is 28.7 Å². The predicted molar refractivity (Wildman–Crippen MR) is 67.4 cm³/mol. The molecule has 0 amide bonds. The van der Waals surface area contributed by atoms with Crippen LogP contribution in [0.25, 0.3) is 0 Å². The summed E-state index contributed by atoms with van der Waals surface area (Å²) in [6.07, 6.45) is 2.60. The number of benzene rings is 1. The fourth-order valence-corrected chi connectivity index (χ4v) is 2.60. The van der Waals surface area contributed by atoms with Gasteiger partial charge in [0.05, 0.1) is 18.3 Å². The zero-order valence-electron chi connectivity index (χ0n) is 9.40. The maximum absolute atomic E-state index is 10.1. The minimum atomic E-state index is -0.390. The second-order valence-corrected chi connectivity index (χ2v) is 5.38. The summed E-state index contributed by atoms with van der Waals surface area (Å²) in [6.45, 7) is 2.06. The van der Waals surface area contributed by atoms with E-state index in [4.69, 9.17) is 4.74 Å². The number of hydrogen-bond acceptors (Lipinski definition) is 2. The molecule has 16 heavy (non-hydrogen) atoms. The van der Waals surface area contributed by atoms with Crippen molar-refractivity contribution >= 4 is 15.9 Å². The topological polar surface area (TPSA) is 29.5 Å². The van der Waals surface area contributed by atoms with Crippen molar-refractivity contribution in [2.75, 3.05) is 0 Å². The monoisotopic (exact) mass is 284 g/mol. The molecule has 0 aliphatic carbocycles. The molecule has 0 aromatic heterocycles. The van der Waals surface area contributed by atoms with E-state index in [1.165, 1.54) is 0 Å². The highest BCUT2D eigenvalue weighted by atomic mass is 79.9. The van der Waals surface area contributed by atoms with E-state index in [1.807, 2.05) is 24.3 Å². The van der Waals surface area contributed by atoms with Crippen LogP contribution in [0, 0.1) is 0 Å². The van der Waals surface area contributed by atoms with Gasteiger partial charge in [0.15, 0.2) is 0 Å². The van der Waals surface area contributed by atoms with Gasteiger partial charge in [-0.3, -0.25) is 0 Å². The number of rotatable bonds is 3. The summed E-state index contributed by atoms with van der Waals surface area (Å²) < 4.78 is 6.72. The van der Waals surface area contributed by atoms with Crippen LogP contribution in [0.1, 0.15) is 25.3 Å². The third kappa shape index (κ3) is 3.06. The highest BCUT2D eigenvalue weighted by Gasteiger charge is 2.28. The van der Waals surface area contributed by atoms with E-state index < -0.39 is 0 Å². The minimum Gasteiger partial charge on any atom is -0.390 e. The second kappa shape index (κ2) is 5.30. The predicted octanol–water partition coefficient (Wildman–Crippen LogP) is 2.92. The van der Waals surface area contributed by atoms with Crippen molar-refractivity contribution in [2.24, 2.45) is 0 Å². The molecular weight excluding hydrogens is 268 g/mol. The molecule has 3 heteroatoms. The summed E-state index contributed by atoms with van der Waals surface area (Å²) in [6, 6.07) is 8.06. The minimum absolute atomic E-state index is 0.00832. The van der Waals surface area contributed by atoms with Gasteiger partial charge in [0.25, 0.3) is 0 Å². The van der Waals surface area contributed by atoms with Gasteiger partial charge >= 0.3 is 0 Å². The van der Waals surface area contributed by atoms with E-state index >= 15 is 0 Å². The largest absolute Gasteiger partial charge is 0.390 e. The van der Waals surface area contributed by atoms with Gasteiger partial charge in [-0.2, -0.15) is 0 Å². The first-order valence-electron chi connectivity index (χ1n) is 5.73. The fourth-order valence-electron chi connectivity index (χ4n) is 2.15. The van der Waals surface area contributed by atoms with Crippen LogP contribution >= 0.6 is 15.9 Å². The Balaban J connectivity index is 1.94. The average Bonchev–Trinajstić information content (AvgIpc) is 2.65. The van der Waals surface area contributed by atoms with Crippen molar-refractivity contribution in [2.45, 2.75) is 44.5 Å². The van der Waals surface area contributed by atoms with Gasteiger partial charge in [-0.15, -0.1) is 0 Å². The lowest BCUT2D eigenvalue weighted by atomic mass is 10.0. The highest BCUT2D eigenvalue weighted by Crippen LogP contribution is 2.24. The van der Waals surface area contributed by atoms with Crippen LogP contribution in [0.3, 0.4) is 0 Å². The van der Waals surface area contributed by atoms with E-state index in [0.717, 1.165) is 22.9 Å². The third-order valence-electron chi connectivity index (χ3n) is 3.03. The first-order chi connectivity index (χ1) is 7.65. The number of aliphatic hydroxyl groups excluding tert-OH is 1. The van der Waals surface area contributed by atoms with Gasteiger partial charge in [-0.1, -0.05) is 28.1 Å². The first kappa shape index (κ1) is 12.1. The Bertz CT molecular complexity index is 354. The molecule has 1 aliphatic heterocycles. The van der Waals surface area contributed by atoms with E-state index in [2.05, 4.69) is 22.9 Å². The SMILES string of the molecule is CC1CCC(C(O)Cc2cccc(Br)c2)O1. The Morgan fingerprint density at radius 1 is 1.50 bits per heavy atom. The number of hydrogen-bond donors (Lipinski definition) is 1.